The quantitative estimate of drug-likeness (QED) is 0.541. The summed E-state index contributed by atoms with van der Waals surface area (Å²) in [4.78, 5) is 39.4. The average Bonchev–Trinajstić information content (AvgIpc) is 3.25. The Labute approximate surface area is 194 Å². The van der Waals surface area contributed by atoms with Crippen LogP contribution >= 0.6 is 0 Å². The number of hydrogen-bond acceptors (Lipinski definition) is 5. The van der Waals surface area contributed by atoms with Crippen LogP contribution in [0.3, 0.4) is 0 Å². The first-order chi connectivity index (χ1) is 15.8. The average molecular weight is 453 g/mol. The minimum atomic E-state index is -0.707. The summed E-state index contributed by atoms with van der Waals surface area (Å²) in [5, 5.41) is 5.74. The van der Waals surface area contributed by atoms with E-state index in [9.17, 15) is 14.4 Å². The van der Waals surface area contributed by atoms with Gasteiger partial charge in [-0.05, 0) is 67.3 Å². The lowest BCUT2D eigenvalue weighted by Crippen LogP contribution is -2.47. The Morgan fingerprint density at radius 1 is 1.15 bits per heavy atom. The van der Waals surface area contributed by atoms with Gasteiger partial charge in [-0.1, -0.05) is 26.0 Å². The van der Waals surface area contributed by atoms with Crippen molar-refractivity contribution in [1.82, 2.24) is 10.2 Å². The number of amides is 3. The Morgan fingerprint density at radius 2 is 1.88 bits per heavy atom. The summed E-state index contributed by atoms with van der Waals surface area (Å²) in [5.41, 5.74) is 7.58. The molecule has 2 atom stereocenters. The molecule has 176 valence electrons. The SMILES string of the molecule is COc1ccc(C(=O)NC(C(=O)Nc2cccc(CN3CCCC3C(N)=O)c2)C(C)C)cc1. The van der Waals surface area contributed by atoms with Crippen LogP contribution in [-0.2, 0) is 16.1 Å². The molecule has 0 saturated carbocycles. The number of likely N-dealkylation sites (tertiary alicyclic amines) is 1. The third kappa shape index (κ3) is 6.32. The number of ether oxygens (including phenoxy) is 1. The van der Waals surface area contributed by atoms with E-state index in [-0.39, 0.29) is 29.7 Å². The first-order valence-electron chi connectivity index (χ1n) is 11.2. The van der Waals surface area contributed by atoms with E-state index >= 15 is 0 Å². The van der Waals surface area contributed by atoms with Crippen LogP contribution < -0.4 is 21.1 Å². The van der Waals surface area contributed by atoms with Crippen molar-refractivity contribution in [2.75, 3.05) is 19.0 Å². The molecule has 4 N–H and O–H groups in total. The molecule has 1 heterocycles. The molecule has 2 unspecified atom stereocenters. The van der Waals surface area contributed by atoms with Crippen LogP contribution in [0.5, 0.6) is 5.75 Å². The second-order valence-corrected chi connectivity index (χ2v) is 8.64. The maximum Gasteiger partial charge on any atom is 0.251 e. The summed E-state index contributed by atoms with van der Waals surface area (Å²) in [7, 11) is 1.56. The molecule has 8 nitrogen and oxygen atoms in total. The molecule has 1 aliphatic heterocycles. The molecule has 0 radical (unpaired) electrons. The molecule has 3 amide bonds. The summed E-state index contributed by atoms with van der Waals surface area (Å²) in [5.74, 6) is -0.381. The first kappa shape index (κ1) is 24.3. The van der Waals surface area contributed by atoms with Crippen LogP contribution in [0.1, 0.15) is 42.6 Å². The minimum Gasteiger partial charge on any atom is -0.497 e. The highest BCUT2D eigenvalue weighted by molar-refractivity contribution is 6.01. The number of nitrogens with two attached hydrogens (primary N) is 1. The lowest BCUT2D eigenvalue weighted by Gasteiger charge is -2.23. The molecule has 1 fully saturated rings. The Kier molecular flexibility index (Phi) is 8.06. The zero-order chi connectivity index (χ0) is 24.0. The summed E-state index contributed by atoms with van der Waals surface area (Å²) < 4.78 is 5.12. The largest absolute Gasteiger partial charge is 0.497 e. The second-order valence-electron chi connectivity index (χ2n) is 8.64. The van der Waals surface area contributed by atoms with Crippen molar-refractivity contribution in [2.24, 2.45) is 11.7 Å². The van der Waals surface area contributed by atoms with E-state index in [2.05, 4.69) is 15.5 Å². The van der Waals surface area contributed by atoms with Gasteiger partial charge in [0.05, 0.1) is 13.2 Å². The minimum absolute atomic E-state index is 0.115. The van der Waals surface area contributed by atoms with Gasteiger partial charge in [-0.25, -0.2) is 0 Å². The van der Waals surface area contributed by atoms with Gasteiger partial charge in [0, 0.05) is 17.8 Å². The standard InChI is InChI=1S/C25H32N4O4/c1-16(2)22(28-24(31)18-9-11-20(33-3)12-10-18)25(32)27-19-7-4-6-17(14-19)15-29-13-5-8-21(29)23(26)30/h4,6-7,9-12,14,16,21-22H,5,8,13,15H2,1-3H3,(H2,26,30)(H,27,32)(H,28,31). The number of primary amides is 1. The third-order valence-corrected chi connectivity index (χ3v) is 5.86. The van der Waals surface area contributed by atoms with Crippen LogP contribution in [0, 0.1) is 5.92 Å². The number of benzene rings is 2. The normalized spacial score (nSPS) is 16.9. The molecular weight excluding hydrogens is 420 g/mol. The predicted molar refractivity (Wildman–Crippen MR) is 127 cm³/mol. The van der Waals surface area contributed by atoms with E-state index in [4.69, 9.17) is 10.5 Å². The van der Waals surface area contributed by atoms with E-state index < -0.39 is 6.04 Å². The lowest BCUT2D eigenvalue weighted by atomic mass is 10.0. The number of anilines is 1. The molecule has 2 aromatic rings. The molecule has 2 aromatic carbocycles. The molecular formula is C25H32N4O4. The zero-order valence-electron chi connectivity index (χ0n) is 19.3. The van der Waals surface area contributed by atoms with Crippen LogP contribution in [0.15, 0.2) is 48.5 Å². The number of hydrogen-bond donors (Lipinski definition) is 3. The molecule has 1 saturated heterocycles. The van der Waals surface area contributed by atoms with Crippen molar-refractivity contribution < 1.29 is 19.1 Å². The Morgan fingerprint density at radius 3 is 2.52 bits per heavy atom. The molecule has 0 bridgehead atoms. The fourth-order valence-corrected chi connectivity index (χ4v) is 4.04. The number of methoxy groups -OCH3 is 1. The molecule has 0 aliphatic carbocycles. The van der Waals surface area contributed by atoms with E-state index in [1.54, 1.807) is 37.4 Å². The summed E-state index contributed by atoms with van der Waals surface area (Å²) in [6.45, 7) is 5.16. The molecule has 3 rings (SSSR count). The zero-order valence-corrected chi connectivity index (χ0v) is 19.3. The van der Waals surface area contributed by atoms with Gasteiger partial charge in [0.2, 0.25) is 11.8 Å². The Bertz CT molecular complexity index is 990. The van der Waals surface area contributed by atoms with Crippen molar-refractivity contribution in [2.45, 2.75) is 45.3 Å². The molecule has 33 heavy (non-hydrogen) atoms. The number of nitrogens with zero attached hydrogens (tertiary/aromatic N) is 1. The Hall–Kier alpha value is -3.39. The molecule has 8 heteroatoms. The van der Waals surface area contributed by atoms with E-state index in [1.807, 2.05) is 32.0 Å². The summed E-state index contributed by atoms with van der Waals surface area (Å²) in [6, 6.07) is 13.3. The van der Waals surface area contributed by atoms with Gasteiger partial charge in [-0.2, -0.15) is 0 Å². The monoisotopic (exact) mass is 452 g/mol. The fraction of sp³-hybridized carbons (Fsp3) is 0.400. The summed E-state index contributed by atoms with van der Waals surface area (Å²) in [6.07, 6.45) is 1.71. The maximum absolute atomic E-state index is 13.0. The van der Waals surface area contributed by atoms with Gasteiger partial charge in [-0.3, -0.25) is 19.3 Å². The smallest absolute Gasteiger partial charge is 0.251 e. The van der Waals surface area contributed by atoms with Crippen LogP contribution in [-0.4, -0.2) is 48.4 Å². The second kappa shape index (κ2) is 11.0. The van der Waals surface area contributed by atoms with Gasteiger partial charge in [0.15, 0.2) is 0 Å². The van der Waals surface area contributed by atoms with Crippen molar-refractivity contribution in [3.05, 3.63) is 59.7 Å². The van der Waals surface area contributed by atoms with Gasteiger partial charge in [0.1, 0.15) is 11.8 Å². The van der Waals surface area contributed by atoms with Crippen LogP contribution in [0.2, 0.25) is 0 Å². The molecule has 1 aliphatic rings. The van der Waals surface area contributed by atoms with Gasteiger partial charge >= 0.3 is 0 Å². The number of rotatable bonds is 9. The highest BCUT2D eigenvalue weighted by atomic mass is 16.5. The molecule has 0 spiro atoms. The summed E-state index contributed by atoms with van der Waals surface area (Å²) >= 11 is 0. The van der Waals surface area contributed by atoms with Crippen molar-refractivity contribution >= 4 is 23.4 Å². The van der Waals surface area contributed by atoms with Crippen molar-refractivity contribution in [3.8, 4) is 5.75 Å². The number of carbonyl (C=O) groups is 3. The number of nitrogens with one attached hydrogen (secondary N) is 2. The third-order valence-electron chi connectivity index (χ3n) is 5.86. The maximum atomic E-state index is 13.0. The Balaban J connectivity index is 1.65. The van der Waals surface area contributed by atoms with Crippen LogP contribution in [0.25, 0.3) is 0 Å². The van der Waals surface area contributed by atoms with Gasteiger partial charge < -0.3 is 21.1 Å². The highest BCUT2D eigenvalue weighted by Gasteiger charge is 2.29. The van der Waals surface area contributed by atoms with Gasteiger partial charge in [0.25, 0.3) is 5.91 Å². The lowest BCUT2D eigenvalue weighted by molar-refractivity contribution is -0.122. The van der Waals surface area contributed by atoms with Crippen LogP contribution in [0.4, 0.5) is 5.69 Å². The van der Waals surface area contributed by atoms with E-state index in [0.29, 0.717) is 23.5 Å². The number of carbonyl (C=O) groups excluding carboxylic acids is 3. The van der Waals surface area contributed by atoms with Crippen molar-refractivity contribution in [1.29, 1.82) is 0 Å². The predicted octanol–water partition coefficient (Wildman–Crippen LogP) is 2.54. The molecule has 0 aromatic heterocycles. The first-order valence-corrected chi connectivity index (χ1v) is 11.2. The van der Waals surface area contributed by atoms with E-state index in [1.165, 1.54) is 0 Å². The van der Waals surface area contributed by atoms with E-state index in [0.717, 1.165) is 24.9 Å². The van der Waals surface area contributed by atoms with Gasteiger partial charge in [-0.15, -0.1) is 0 Å². The highest BCUT2D eigenvalue weighted by Crippen LogP contribution is 2.21. The fourth-order valence-electron chi connectivity index (χ4n) is 4.04. The van der Waals surface area contributed by atoms with Crippen molar-refractivity contribution in [3.63, 3.8) is 0 Å². The topological polar surface area (TPSA) is 114 Å².